The number of nitrogens with one attached hydrogen (secondary N) is 1. The normalized spacial score (nSPS) is 15.4. The van der Waals surface area contributed by atoms with Gasteiger partial charge in [-0.2, -0.15) is 0 Å². The predicted molar refractivity (Wildman–Crippen MR) is 119 cm³/mol. The average Bonchev–Trinajstić information content (AvgIpc) is 3.42. The second kappa shape index (κ2) is 8.92. The van der Waals surface area contributed by atoms with Crippen molar-refractivity contribution in [1.29, 1.82) is 0 Å². The summed E-state index contributed by atoms with van der Waals surface area (Å²) in [6.07, 6.45) is 4.46. The van der Waals surface area contributed by atoms with Crippen LogP contribution in [0.2, 0.25) is 0 Å². The van der Waals surface area contributed by atoms with E-state index in [1.54, 1.807) is 13.4 Å². The third kappa shape index (κ3) is 4.21. The third-order valence-electron chi connectivity index (χ3n) is 6.27. The van der Waals surface area contributed by atoms with Crippen molar-refractivity contribution in [2.45, 2.75) is 39.2 Å². The molecule has 0 unspecified atom stereocenters. The first-order valence-corrected chi connectivity index (χ1v) is 10.7. The first-order chi connectivity index (χ1) is 14.6. The Morgan fingerprint density at radius 3 is 2.57 bits per heavy atom. The number of fused-ring (bicyclic) bond motifs is 1. The van der Waals surface area contributed by atoms with Crippen LogP contribution in [0.15, 0.2) is 47.1 Å². The van der Waals surface area contributed by atoms with Gasteiger partial charge in [0.2, 0.25) is 5.91 Å². The highest BCUT2D eigenvalue weighted by molar-refractivity contribution is 5.89. The molecule has 1 amide bonds. The lowest BCUT2D eigenvalue weighted by Gasteiger charge is -2.28. The van der Waals surface area contributed by atoms with Crippen molar-refractivity contribution in [3.8, 4) is 5.75 Å². The van der Waals surface area contributed by atoms with Gasteiger partial charge in [0.05, 0.1) is 25.8 Å². The number of ether oxygens (including phenoxy) is 1. The summed E-state index contributed by atoms with van der Waals surface area (Å²) in [6, 6.07) is 12.5. The summed E-state index contributed by atoms with van der Waals surface area (Å²) in [4.78, 5) is 15.2. The van der Waals surface area contributed by atoms with E-state index in [9.17, 15) is 4.79 Å². The number of carbonyl (C=O) groups is 1. The van der Waals surface area contributed by atoms with Crippen molar-refractivity contribution in [2.75, 3.05) is 26.7 Å². The lowest BCUT2D eigenvalue weighted by Crippen LogP contribution is -2.37. The highest BCUT2D eigenvalue weighted by Crippen LogP contribution is 2.28. The maximum Gasteiger partial charge on any atom is 0.224 e. The van der Waals surface area contributed by atoms with Gasteiger partial charge >= 0.3 is 0 Å². The predicted octanol–water partition coefficient (Wildman–Crippen LogP) is 4.55. The van der Waals surface area contributed by atoms with Gasteiger partial charge in [0.1, 0.15) is 11.3 Å². The van der Waals surface area contributed by atoms with Gasteiger partial charge in [-0.1, -0.05) is 24.3 Å². The molecule has 4 rings (SSSR count). The lowest BCUT2D eigenvalue weighted by molar-refractivity contribution is -0.120. The molecular formula is C25H30N2O3. The van der Waals surface area contributed by atoms with E-state index in [1.165, 1.54) is 24.0 Å². The minimum atomic E-state index is 0.0219. The summed E-state index contributed by atoms with van der Waals surface area (Å²) in [5.41, 5.74) is 5.35. The van der Waals surface area contributed by atoms with Crippen molar-refractivity contribution in [3.63, 3.8) is 0 Å². The molecule has 0 saturated carbocycles. The molecule has 1 atom stereocenters. The van der Waals surface area contributed by atoms with Crippen molar-refractivity contribution >= 4 is 16.9 Å². The fourth-order valence-electron chi connectivity index (χ4n) is 4.31. The fraction of sp³-hybridized carbons (Fsp3) is 0.400. The average molecular weight is 407 g/mol. The summed E-state index contributed by atoms with van der Waals surface area (Å²) >= 11 is 0. The second-order valence-corrected chi connectivity index (χ2v) is 8.16. The number of rotatable bonds is 7. The summed E-state index contributed by atoms with van der Waals surface area (Å²) in [7, 11) is 1.68. The second-order valence-electron chi connectivity index (χ2n) is 8.16. The van der Waals surface area contributed by atoms with Crippen LogP contribution in [0, 0.1) is 13.8 Å². The quantitative estimate of drug-likeness (QED) is 0.625. The van der Waals surface area contributed by atoms with Crippen molar-refractivity contribution in [3.05, 3.63) is 64.9 Å². The Kier molecular flexibility index (Phi) is 6.09. The molecule has 3 aromatic rings. The summed E-state index contributed by atoms with van der Waals surface area (Å²) < 4.78 is 11.0. The van der Waals surface area contributed by atoms with Crippen LogP contribution in [0.25, 0.3) is 11.0 Å². The molecule has 1 aromatic heterocycles. The molecule has 5 nitrogen and oxygen atoms in total. The Bertz CT molecular complexity index is 1020. The number of carbonyl (C=O) groups excluding carboxylic acids is 1. The van der Waals surface area contributed by atoms with Gasteiger partial charge in [0, 0.05) is 17.5 Å². The number of hydrogen-bond acceptors (Lipinski definition) is 4. The van der Waals surface area contributed by atoms with E-state index in [0.717, 1.165) is 40.9 Å². The smallest absolute Gasteiger partial charge is 0.224 e. The maximum absolute atomic E-state index is 12.8. The molecule has 1 aliphatic rings. The highest BCUT2D eigenvalue weighted by atomic mass is 16.5. The van der Waals surface area contributed by atoms with Gasteiger partial charge in [-0.05, 0) is 68.6 Å². The Balaban J connectivity index is 1.45. The molecule has 0 aliphatic carbocycles. The van der Waals surface area contributed by atoms with E-state index in [0.29, 0.717) is 13.0 Å². The van der Waals surface area contributed by atoms with Gasteiger partial charge in [-0.15, -0.1) is 0 Å². The highest BCUT2D eigenvalue weighted by Gasteiger charge is 2.24. The zero-order valence-corrected chi connectivity index (χ0v) is 18.0. The van der Waals surface area contributed by atoms with Gasteiger partial charge in [-0.3, -0.25) is 9.69 Å². The first-order valence-electron chi connectivity index (χ1n) is 10.7. The molecule has 158 valence electrons. The number of nitrogens with zero attached hydrogens (tertiary/aromatic N) is 1. The molecule has 1 aliphatic heterocycles. The zero-order valence-electron chi connectivity index (χ0n) is 18.0. The number of amides is 1. The Labute approximate surface area is 178 Å². The van der Waals surface area contributed by atoms with Crippen LogP contribution >= 0.6 is 0 Å². The summed E-state index contributed by atoms with van der Waals surface area (Å²) in [6.45, 7) is 6.86. The standard InChI is InChI=1S/C25H30N2O3/c1-17-6-11-22-20(16-30-25(22)18(17)2)14-24(28)26-15-23(27-12-4-5-13-27)19-7-9-21(29-3)10-8-19/h6-11,16,23H,4-5,12-15H2,1-3H3,(H,26,28)/t23-/m0/s1. The molecule has 2 aromatic carbocycles. The number of benzene rings is 2. The summed E-state index contributed by atoms with van der Waals surface area (Å²) in [5, 5.41) is 4.19. The number of aryl methyl sites for hydroxylation is 2. The number of hydrogen-bond donors (Lipinski definition) is 1. The van der Waals surface area contributed by atoms with E-state index in [1.807, 2.05) is 18.2 Å². The van der Waals surface area contributed by atoms with Gasteiger partial charge in [-0.25, -0.2) is 0 Å². The van der Waals surface area contributed by atoms with Crippen LogP contribution in [-0.4, -0.2) is 37.6 Å². The van der Waals surface area contributed by atoms with Crippen LogP contribution in [0.3, 0.4) is 0 Å². The van der Waals surface area contributed by atoms with Crippen molar-refractivity contribution in [2.24, 2.45) is 0 Å². The third-order valence-corrected chi connectivity index (χ3v) is 6.27. The molecule has 30 heavy (non-hydrogen) atoms. The zero-order chi connectivity index (χ0) is 21.1. The molecular weight excluding hydrogens is 376 g/mol. The van der Waals surface area contributed by atoms with Crippen LogP contribution in [0.1, 0.15) is 41.1 Å². The minimum Gasteiger partial charge on any atom is -0.497 e. The Hall–Kier alpha value is -2.79. The maximum atomic E-state index is 12.8. The molecule has 0 radical (unpaired) electrons. The molecule has 0 spiro atoms. The molecule has 1 fully saturated rings. The molecule has 0 bridgehead atoms. The SMILES string of the molecule is COc1ccc([C@H](CNC(=O)Cc2coc3c(C)c(C)ccc23)N2CCCC2)cc1. The van der Waals surface area contributed by atoms with E-state index in [2.05, 4.69) is 42.3 Å². The van der Waals surface area contributed by atoms with Crippen molar-refractivity contribution in [1.82, 2.24) is 10.2 Å². The molecule has 2 heterocycles. The molecule has 5 heteroatoms. The first kappa shape index (κ1) is 20.5. The van der Waals surface area contributed by atoms with E-state index < -0.39 is 0 Å². The fourth-order valence-corrected chi connectivity index (χ4v) is 4.31. The van der Waals surface area contributed by atoms with Gasteiger partial charge in [0.15, 0.2) is 0 Å². The van der Waals surface area contributed by atoms with Crippen LogP contribution in [0.5, 0.6) is 5.75 Å². The monoisotopic (exact) mass is 406 g/mol. The van der Waals surface area contributed by atoms with Gasteiger partial charge < -0.3 is 14.5 Å². The number of furan rings is 1. The van der Waals surface area contributed by atoms with E-state index in [-0.39, 0.29) is 11.9 Å². The van der Waals surface area contributed by atoms with Crippen LogP contribution in [0.4, 0.5) is 0 Å². The number of likely N-dealkylation sites (tertiary alicyclic amines) is 1. The summed E-state index contributed by atoms with van der Waals surface area (Å²) in [5.74, 6) is 0.869. The number of methoxy groups -OCH3 is 1. The Morgan fingerprint density at radius 2 is 1.87 bits per heavy atom. The van der Waals surface area contributed by atoms with E-state index >= 15 is 0 Å². The molecule has 1 N–H and O–H groups in total. The van der Waals surface area contributed by atoms with E-state index in [4.69, 9.17) is 9.15 Å². The van der Waals surface area contributed by atoms with Gasteiger partial charge in [0.25, 0.3) is 0 Å². The Morgan fingerprint density at radius 1 is 1.13 bits per heavy atom. The minimum absolute atomic E-state index is 0.0219. The lowest BCUT2D eigenvalue weighted by atomic mass is 10.0. The van der Waals surface area contributed by atoms with Crippen molar-refractivity contribution < 1.29 is 13.9 Å². The van der Waals surface area contributed by atoms with Crippen LogP contribution < -0.4 is 10.1 Å². The van der Waals surface area contributed by atoms with Crippen LogP contribution in [-0.2, 0) is 11.2 Å². The molecule has 1 saturated heterocycles. The topological polar surface area (TPSA) is 54.7 Å². The largest absolute Gasteiger partial charge is 0.497 e.